The van der Waals surface area contributed by atoms with Crippen LogP contribution in [0.2, 0.25) is 0 Å². The van der Waals surface area contributed by atoms with Crippen LogP contribution < -0.4 is 5.32 Å². The van der Waals surface area contributed by atoms with Gasteiger partial charge >= 0.3 is 6.09 Å². The molecule has 2 N–H and O–H groups in total. The Hall–Kier alpha value is -2.30. The average molecular weight is 257 g/mol. The molecule has 98 valence electrons. The Labute approximate surface area is 110 Å². The number of rotatable bonds is 2. The molecule has 1 aliphatic rings. The van der Waals surface area contributed by atoms with E-state index in [1.165, 1.54) is 4.90 Å². The smallest absolute Gasteiger partial charge is 0.407 e. The van der Waals surface area contributed by atoms with Crippen molar-refractivity contribution in [3.05, 3.63) is 36.5 Å². The third kappa shape index (κ3) is 2.45. The molecular weight excluding hydrogens is 242 g/mol. The summed E-state index contributed by atoms with van der Waals surface area (Å²) in [4.78, 5) is 16.6. The second-order valence-corrected chi connectivity index (χ2v) is 4.77. The minimum absolute atomic E-state index is 0.185. The molecule has 0 radical (unpaired) electrons. The summed E-state index contributed by atoms with van der Waals surface area (Å²) in [5, 5.41) is 13.4. The molecule has 1 aromatic carbocycles. The van der Waals surface area contributed by atoms with Crippen LogP contribution in [-0.2, 0) is 0 Å². The summed E-state index contributed by atoms with van der Waals surface area (Å²) in [7, 11) is 0. The highest BCUT2D eigenvalue weighted by atomic mass is 16.4. The molecule has 0 aliphatic carbocycles. The zero-order valence-corrected chi connectivity index (χ0v) is 10.4. The van der Waals surface area contributed by atoms with Crippen molar-refractivity contribution < 1.29 is 9.90 Å². The molecule has 1 atom stereocenters. The maximum Gasteiger partial charge on any atom is 0.407 e. The van der Waals surface area contributed by atoms with Crippen LogP contribution in [0.4, 0.5) is 10.5 Å². The molecule has 0 unspecified atom stereocenters. The van der Waals surface area contributed by atoms with Crippen molar-refractivity contribution in [2.45, 2.75) is 12.5 Å². The van der Waals surface area contributed by atoms with E-state index in [0.717, 1.165) is 23.0 Å². The van der Waals surface area contributed by atoms with Crippen LogP contribution in [0.3, 0.4) is 0 Å². The van der Waals surface area contributed by atoms with Gasteiger partial charge in [-0.15, -0.1) is 0 Å². The highest BCUT2D eigenvalue weighted by Crippen LogP contribution is 2.20. The molecule has 1 aliphatic heterocycles. The van der Waals surface area contributed by atoms with Gasteiger partial charge in [0, 0.05) is 36.4 Å². The Morgan fingerprint density at radius 1 is 1.42 bits per heavy atom. The van der Waals surface area contributed by atoms with Crippen molar-refractivity contribution in [2.24, 2.45) is 0 Å². The quantitative estimate of drug-likeness (QED) is 0.867. The number of hydrogen-bond acceptors (Lipinski definition) is 3. The maximum atomic E-state index is 10.9. The molecular formula is C14H15N3O2. The zero-order chi connectivity index (χ0) is 13.2. The number of likely N-dealkylation sites (tertiary alicyclic amines) is 1. The van der Waals surface area contributed by atoms with Crippen LogP contribution in [-0.4, -0.2) is 40.2 Å². The number of fused-ring (bicyclic) bond motifs is 1. The molecule has 1 amide bonds. The number of carboxylic acid groups (broad SMARTS) is 1. The van der Waals surface area contributed by atoms with E-state index in [0.29, 0.717) is 13.1 Å². The lowest BCUT2D eigenvalue weighted by atomic mass is 10.2. The highest BCUT2D eigenvalue weighted by molar-refractivity contribution is 5.82. The molecule has 0 spiro atoms. The van der Waals surface area contributed by atoms with E-state index in [4.69, 9.17) is 5.11 Å². The fourth-order valence-electron chi connectivity index (χ4n) is 2.45. The summed E-state index contributed by atoms with van der Waals surface area (Å²) in [6, 6.07) is 10.1. The molecule has 5 heteroatoms. The predicted octanol–water partition coefficient (Wildman–Crippen LogP) is 2.40. The first-order chi connectivity index (χ1) is 9.22. The summed E-state index contributed by atoms with van der Waals surface area (Å²) in [5.41, 5.74) is 1.98. The number of carbonyl (C=O) groups is 1. The normalized spacial score (nSPS) is 18.7. The van der Waals surface area contributed by atoms with Crippen molar-refractivity contribution in [1.29, 1.82) is 0 Å². The predicted molar refractivity (Wildman–Crippen MR) is 73.4 cm³/mol. The van der Waals surface area contributed by atoms with Crippen molar-refractivity contribution >= 4 is 22.7 Å². The SMILES string of the molecule is O=C(O)N1CC[C@H](Nc2ccc3ncccc3c2)C1. The van der Waals surface area contributed by atoms with Crippen LogP contribution in [0.15, 0.2) is 36.5 Å². The van der Waals surface area contributed by atoms with Crippen molar-refractivity contribution in [2.75, 3.05) is 18.4 Å². The number of benzene rings is 1. The Morgan fingerprint density at radius 2 is 2.32 bits per heavy atom. The minimum Gasteiger partial charge on any atom is -0.465 e. The summed E-state index contributed by atoms with van der Waals surface area (Å²) in [6.45, 7) is 1.14. The third-order valence-electron chi connectivity index (χ3n) is 3.43. The molecule has 2 heterocycles. The van der Waals surface area contributed by atoms with Crippen LogP contribution in [0.1, 0.15) is 6.42 Å². The van der Waals surface area contributed by atoms with E-state index in [2.05, 4.69) is 10.3 Å². The van der Waals surface area contributed by atoms with Crippen LogP contribution in [0, 0.1) is 0 Å². The molecule has 0 bridgehead atoms. The van der Waals surface area contributed by atoms with Crippen LogP contribution in [0.5, 0.6) is 0 Å². The van der Waals surface area contributed by atoms with Crippen LogP contribution >= 0.6 is 0 Å². The Balaban J connectivity index is 1.73. The van der Waals surface area contributed by atoms with Crippen molar-refractivity contribution in [3.63, 3.8) is 0 Å². The van der Waals surface area contributed by atoms with E-state index < -0.39 is 6.09 Å². The minimum atomic E-state index is -0.841. The van der Waals surface area contributed by atoms with Gasteiger partial charge in [0.2, 0.25) is 0 Å². The van der Waals surface area contributed by atoms with Gasteiger partial charge in [-0.3, -0.25) is 4.98 Å². The second-order valence-electron chi connectivity index (χ2n) is 4.77. The first-order valence-corrected chi connectivity index (χ1v) is 6.31. The third-order valence-corrected chi connectivity index (χ3v) is 3.43. The van der Waals surface area contributed by atoms with Crippen molar-refractivity contribution in [1.82, 2.24) is 9.88 Å². The van der Waals surface area contributed by atoms with E-state index in [1.807, 2.05) is 30.3 Å². The van der Waals surface area contributed by atoms with E-state index >= 15 is 0 Å². The molecule has 0 saturated carbocycles. The average Bonchev–Trinajstić information content (AvgIpc) is 2.87. The van der Waals surface area contributed by atoms with E-state index in [-0.39, 0.29) is 6.04 Å². The van der Waals surface area contributed by atoms with E-state index in [9.17, 15) is 4.79 Å². The van der Waals surface area contributed by atoms with E-state index in [1.54, 1.807) is 6.20 Å². The van der Waals surface area contributed by atoms with Gasteiger partial charge in [0.05, 0.1) is 5.52 Å². The number of anilines is 1. The largest absolute Gasteiger partial charge is 0.465 e. The lowest BCUT2D eigenvalue weighted by Gasteiger charge is -2.15. The van der Waals surface area contributed by atoms with Gasteiger partial charge < -0.3 is 15.3 Å². The molecule has 1 aromatic heterocycles. The lowest BCUT2D eigenvalue weighted by Crippen LogP contribution is -2.30. The van der Waals surface area contributed by atoms with Gasteiger partial charge in [-0.25, -0.2) is 4.79 Å². The first kappa shape index (κ1) is 11.8. The monoisotopic (exact) mass is 257 g/mol. The molecule has 2 aromatic rings. The Morgan fingerprint density at radius 3 is 3.11 bits per heavy atom. The number of nitrogens with one attached hydrogen (secondary N) is 1. The summed E-state index contributed by atoms with van der Waals surface area (Å²) in [6.07, 6.45) is 1.78. The summed E-state index contributed by atoms with van der Waals surface area (Å²) >= 11 is 0. The van der Waals surface area contributed by atoms with Gasteiger partial charge in [-0.05, 0) is 30.7 Å². The van der Waals surface area contributed by atoms with Gasteiger partial charge in [0.25, 0.3) is 0 Å². The number of pyridine rings is 1. The van der Waals surface area contributed by atoms with Gasteiger partial charge in [0.15, 0.2) is 0 Å². The molecule has 3 rings (SSSR count). The maximum absolute atomic E-state index is 10.9. The summed E-state index contributed by atoms with van der Waals surface area (Å²) < 4.78 is 0. The number of nitrogens with zero attached hydrogens (tertiary/aromatic N) is 2. The topological polar surface area (TPSA) is 65.5 Å². The fraction of sp³-hybridized carbons (Fsp3) is 0.286. The zero-order valence-electron chi connectivity index (χ0n) is 10.4. The second kappa shape index (κ2) is 4.76. The van der Waals surface area contributed by atoms with Gasteiger partial charge in [-0.2, -0.15) is 0 Å². The summed E-state index contributed by atoms with van der Waals surface area (Å²) in [5.74, 6) is 0. The Kier molecular flexibility index (Phi) is 2.95. The fourth-order valence-corrected chi connectivity index (χ4v) is 2.45. The van der Waals surface area contributed by atoms with Gasteiger partial charge in [0.1, 0.15) is 0 Å². The van der Waals surface area contributed by atoms with Crippen molar-refractivity contribution in [3.8, 4) is 0 Å². The Bertz CT molecular complexity index is 614. The molecule has 5 nitrogen and oxygen atoms in total. The standard InChI is InChI=1S/C14H15N3O2/c18-14(19)17-7-5-12(9-17)16-11-3-4-13-10(8-11)2-1-6-15-13/h1-4,6,8,12,16H,5,7,9H2,(H,18,19)/t12-/m0/s1. The number of hydrogen-bond donors (Lipinski definition) is 2. The molecule has 1 fully saturated rings. The molecule has 19 heavy (non-hydrogen) atoms. The van der Waals surface area contributed by atoms with Crippen LogP contribution in [0.25, 0.3) is 10.9 Å². The highest BCUT2D eigenvalue weighted by Gasteiger charge is 2.25. The van der Waals surface area contributed by atoms with Gasteiger partial charge in [-0.1, -0.05) is 6.07 Å². The first-order valence-electron chi connectivity index (χ1n) is 6.31. The molecule has 1 saturated heterocycles. The number of amides is 1. The lowest BCUT2D eigenvalue weighted by molar-refractivity contribution is 0.155. The number of aromatic nitrogens is 1.